The molecule has 0 radical (unpaired) electrons. The Morgan fingerprint density at radius 1 is 1.43 bits per heavy atom. The van der Waals surface area contributed by atoms with Gasteiger partial charge in [-0.2, -0.15) is 10.1 Å². The molecule has 0 spiro atoms. The molecular formula is C15H24FN5O2. The Hall–Kier alpha value is -1.96. The van der Waals surface area contributed by atoms with E-state index in [9.17, 15) is 14.4 Å². The number of hydrogen-bond donors (Lipinski definition) is 3. The molecule has 0 unspecified atom stereocenters. The van der Waals surface area contributed by atoms with Crippen LogP contribution in [0.5, 0.6) is 0 Å². The molecule has 1 aliphatic carbocycles. The van der Waals surface area contributed by atoms with Gasteiger partial charge in [-0.3, -0.25) is 4.79 Å². The van der Waals surface area contributed by atoms with Crippen LogP contribution in [-0.4, -0.2) is 39.2 Å². The molecule has 4 N–H and O–H groups in total. The zero-order valence-corrected chi connectivity index (χ0v) is 13.5. The van der Waals surface area contributed by atoms with E-state index in [4.69, 9.17) is 5.73 Å². The molecule has 0 aromatic carbocycles. The maximum absolute atomic E-state index is 14.7. The molecule has 1 saturated carbocycles. The van der Waals surface area contributed by atoms with Crippen LogP contribution in [0.3, 0.4) is 0 Å². The van der Waals surface area contributed by atoms with E-state index in [0.717, 1.165) is 6.42 Å². The summed E-state index contributed by atoms with van der Waals surface area (Å²) in [6, 6.07) is -0.365. The van der Waals surface area contributed by atoms with Crippen molar-refractivity contribution in [3.8, 4) is 0 Å². The minimum atomic E-state index is -0.664. The van der Waals surface area contributed by atoms with Crippen molar-refractivity contribution >= 4 is 17.7 Å². The van der Waals surface area contributed by atoms with Crippen LogP contribution < -0.4 is 16.2 Å². The second-order valence-corrected chi connectivity index (χ2v) is 6.22. The third-order valence-electron chi connectivity index (χ3n) is 3.89. The summed E-state index contributed by atoms with van der Waals surface area (Å²) < 4.78 is 14.7. The van der Waals surface area contributed by atoms with E-state index >= 15 is 0 Å². The summed E-state index contributed by atoms with van der Waals surface area (Å²) in [6.45, 7) is 3.76. The molecule has 1 fully saturated rings. The number of carbonyl (C=O) groups excluding carboxylic acids is 1. The lowest BCUT2D eigenvalue weighted by Gasteiger charge is -2.23. The summed E-state index contributed by atoms with van der Waals surface area (Å²) in [6.07, 6.45) is 4.03. The van der Waals surface area contributed by atoms with Crippen molar-refractivity contribution in [2.24, 2.45) is 5.73 Å². The van der Waals surface area contributed by atoms with Crippen molar-refractivity contribution in [2.75, 3.05) is 10.4 Å². The highest BCUT2D eigenvalue weighted by atomic mass is 19.2. The zero-order chi connectivity index (χ0) is 17.0. The summed E-state index contributed by atoms with van der Waals surface area (Å²) in [7, 11) is 0. The van der Waals surface area contributed by atoms with E-state index < -0.39 is 5.91 Å². The van der Waals surface area contributed by atoms with Crippen molar-refractivity contribution in [3.05, 3.63) is 11.8 Å². The molecule has 2 atom stereocenters. The monoisotopic (exact) mass is 325 g/mol. The summed E-state index contributed by atoms with van der Waals surface area (Å²) in [5.74, 6) is -0.531. The summed E-state index contributed by atoms with van der Waals surface area (Å²) in [5, 5.41) is 13.2. The van der Waals surface area contributed by atoms with Crippen LogP contribution in [0.15, 0.2) is 6.20 Å². The smallest absolute Gasteiger partial charge is 0.256 e. The number of primary amides is 1. The first-order valence-corrected chi connectivity index (χ1v) is 7.95. The van der Waals surface area contributed by atoms with Crippen LogP contribution in [0.4, 0.5) is 16.2 Å². The number of amides is 1. The van der Waals surface area contributed by atoms with E-state index in [1.54, 1.807) is 0 Å². The van der Waals surface area contributed by atoms with Gasteiger partial charge in [0.15, 0.2) is 0 Å². The van der Waals surface area contributed by atoms with E-state index in [0.29, 0.717) is 30.8 Å². The number of nitrogens with two attached hydrogens (primary N) is 1. The number of carbonyl (C=O) groups is 1. The Morgan fingerprint density at radius 2 is 2.17 bits per heavy atom. The van der Waals surface area contributed by atoms with Crippen LogP contribution in [0.1, 0.15) is 56.3 Å². The zero-order valence-electron chi connectivity index (χ0n) is 13.5. The Balaban J connectivity index is 2.22. The van der Waals surface area contributed by atoms with Gasteiger partial charge in [0.05, 0.1) is 17.7 Å². The molecule has 1 aromatic rings. The van der Waals surface area contributed by atoms with E-state index in [1.165, 1.54) is 6.20 Å². The van der Waals surface area contributed by atoms with Gasteiger partial charge in [-0.15, -0.1) is 0 Å². The van der Waals surface area contributed by atoms with Gasteiger partial charge < -0.3 is 16.2 Å². The Kier molecular flexibility index (Phi) is 5.70. The molecule has 7 nitrogen and oxygen atoms in total. The highest BCUT2D eigenvalue weighted by Crippen LogP contribution is 2.26. The van der Waals surface area contributed by atoms with Crippen molar-refractivity contribution in [1.29, 1.82) is 0 Å². The Bertz CT molecular complexity index is 555. The number of hydrogen-bond acceptors (Lipinski definition) is 6. The van der Waals surface area contributed by atoms with Gasteiger partial charge in [0.25, 0.3) is 11.9 Å². The highest BCUT2D eigenvalue weighted by molar-refractivity contribution is 5.97. The molecule has 0 aliphatic heterocycles. The van der Waals surface area contributed by atoms with E-state index in [2.05, 4.69) is 15.3 Å². The fourth-order valence-corrected chi connectivity index (χ4v) is 2.69. The minimum Gasteiger partial charge on any atom is -0.393 e. The fourth-order valence-electron chi connectivity index (χ4n) is 2.69. The summed E-state index contributed by atoms with van der Waals surface area (Å²) >= 11 is 0. The highest BCUT2D eigenvalue weighted by Gasteiger charge is 2.26. The summed E-state index contributed by atoms with van der Waals surface area (Å²) in [5.41, 5.74) is 5.43. The van der Waals surface area contributed by atoms with Gasteiger partial charge in [0.2, 0.25) is 0 Å². The maximum atomic E-state index is 14.7. The van der Waals surface area contributed by atoms with Crippen LogP contribution in [0, 0.1) is 0 Å². The Labute approximate surface area is 135 Å². The van der Waals surface area contributed by atoms with Crippen molar-refractivity contribution in [2.45, 2.75) is 64.1 Å². The van der Waals surface area contributed by atoms with E-state index in [1.807, 2.05) is 13.8 Å². The van der Waals surface area contributed by atoms with E-state index in [-0.39, 0.29) is 35.5 Å². The van der Waals surface area contributed by atoms with Crippen LogP contribution in [0.2, 0.25) is 0 Å². The molecule has 8 heteroatoms. The van der Waals surface area contributed by atoms with Crippen LogP contribution in [0.25, 0.3) is 0 Å². The van der Waals surface area contributed by atoms with Crippen molar-refractivity contribution in [3.63, 3.8) is 0 Å². The molecule has 128 valence electrons. The number of aliphatic hydroxyl groups is 1. The first-order valence-electron chi connectivity index (χ1n) is 7.95. The Morgan fingerprint density at radius 3 is 2.83 bits per heavy atom. The molecule has 1 heterocycles. The van der Waals surface area contributed by atoms with Gasteiger partial charge >= 0.3 is 0 Å². The normalized spacial score (nSPS) is 21.8. The minimum absolute atomic E-state index is 0.0111. The topological polar surface area (TPSA) is 104 Å². The second-order valence-electron chi connectivity index (χ2n) is 6.22. The molecular weight excluding hydrogens is 301 g/mol. The molecule has 23 heavy (non-hydrogen) atoms. The van der Waals surface area contributed by atoms with Crippen molar-refractivity contribution in [1.82, 2.24) is 9.97 Å². The molecule has 1 amide bonds. The van der Waals surface area contributed by atoms with Crippen molar-refractivity contribution < 1.29 is 14.4 Å². The third-order valence-corrected chi connectivity index (χ3v) is 3.89. The fraction of sp³-hybridized carbons (Fsp3) is 0.667. The quantitative estimate of drug-likeness (QED) is 0.563. The average molecular weight is 325 g/mol. The largest absolute Gasteiger partial charge is 0.393 e. The van der Waals surface area contributed by atoms with Crippen LogP contribution in [-0.2, 0) is 0 Å². The molecule has 2 rings (SSSR count). The SMILES string of the molecule is CC(C)Nc1nc(N(F)[C@@H]2CCC[C@H](O)CC2)ncc1C(N)=O. The number of rotatable bonds is 5. The molecule has 0 bridgehead atoms. The first-order chi connectivity index (χ1) is 10.9. The summed E-state index contributed by atoms with van der Waals surface area (Å²) in [4.78, 5) is 19.5. The number of nitrogens with one attached hydrogen (secondary N) is 1. The van der Waals surface area contributed by atoms with Gasteiger partial charge in [0.1, 0.15) is 5.82 Å². The standard InChI is InChI=1S/C15H24FN5O2/c1-9(2)19-14-12(13(17)23)8-18-15(20-14)21(16)10-4-3-5-11(22)7-6-10/h8-11,22H,3-7H2,1-2H3,(H2,17,23)(H,18,19,20)/t10-,11+/m1/s1. The molecule has 0 saturated heterocycles. The number of anilines is 2. The third kappa shape index (κ3) is 4.51. The molecule has 1 aromatic heterocycles. The molecule has 1 aliphatic rings. The first kappa shape index (κ1) is 17.4. The lowest BCUT2D eigenvalue weighted by atomic mass is 10.1. The number of aromatic nitrogens is 2. The van der Waals surface area contributed by atoms with Gasteiger partial charge in [-0.1, -0.05) is 4.48 Å². The van der Waals surface area contributed by atoms with Gasteiger partial charge in [-0.05, 0) is 46.0 Å². The number of halogens is 1. The predicted octanol–water partition coefficient (Wildman–Crippen LogP) is 1.78. The van der Waals surface area contributed by atoms with Gasteiger partial charge in [0, 0.05) is 12.2 Å². The lowest BCUT2D eigenvalue weighted by molar-refractivity contribution is 0.100. The average Bonchev–Trinajstić information content (AvgIpc) is 2.70. The number of aliphatic hydroxyl groups excluding tert-OH is 1. The lowest BCUT2D eigenvalue weighted by Crippen LogP contribution is -2.30. The predicted molar refractivity (Wildman–Crippen MR) is 85.8 cm³/mol. The number of nitrogens with zero attached hydrogens (tertiary/aromatic N) is 3. The maximum Gasteiger partial charge on any atom is 0.256 e. The van der Waals surface area contributed by atoms with Gasteiger partial charge in [-0.25, -0.2) is 4.98 Å². The van der Waals surface area contributed by atoms with Crippen LogP contribution >= 0.6 is 0 Å². The second kappa shape index (κ2) is 7.54.